The number of piperazine rings is 1. The lowest BCUT2D eigenvalue weighted by Crippen LogP contribution is -2.54. The van der Waals surface area contributed by atoms with Crippen LogP contribution in [0.4, 0.5) is 27.5 Å². The first-order valence-electron chi connectivity index (χ1n) is 13.3. The number of anilines is 4. The molecule has 6 rings (SSSR count). The van der Waals surface area contributed by atoms with Gasteiger partial charge in [-0.15, -0.1) is 0 Å². The highest BCUT2D eigenvalue weighted by molar-refractivity contribution is 7.91. The van der Waals surface area contributed by atoms with Crippen molar-refractivity contribution in [3.63, 3.8) is 0 Å². The summed E-state index contributed by atoms with van der Waals surface area (Å²) in [5.74, 6) is -0.571. The number of methoxy groups -OCH3 is 1. The maximum absolute atomic E-state index is 15.1. The van der Waals surface area contributed by atoms with Crippen LogP contribution < -0.4 is 15.1 Å². The van der Waals surface area contributed by atoms with Crippen LogP contribution >= 0.6 is 11.6 Å². The van der Waals surface area contributed by atoms with Crippen molar-refractivity contribution in [2.45, 2.75) is 49.1 Å². The molecule has 2 unspecified atom stereocenters. The first-order chi connectivity index (χ1) is 19.2. The molecular formula is C28H29ClFN5O4S. The number of ether oxygens (including phenoxy) is 1. The van der Waals surface area contributed by atoms with Crippen LogP contribution in [0.5, 0.6) is 0 Å². The Morgan fingerprint density at radius 1 is 1.12 bits per heavy atom. The van der Waals surface area contributed by atoms with Gasteiger partial charge >= 0.3 is 5.97 Å². The Kier molecular flexibility index (Phi) is 7.03. The molecule has 0 radical (unpaired) electrons. The van der Waals surface area contributed by atoms with Gasteiger partial charge in [0.25, 0.3) is 0 Å². The van der Waals surface area contributed by atoms with E-state index in [2.05, 4.69) is 19.9 Å². The van der Waals surface area contributed by atoms with Gasteiger partial charge < -0.3 is 19.9 Å². The highest BCUT2D eigenvalue weighted by atomic mass is 35.5. The number of esters is 1. The number of aryl methyl sites for hydroxylation is 1. The Balaban J connectivity index is 1.33. The molecule has 210 valence electrons. The van der Waals surface area contributed by atoms with E-state index < -0.39 is 21.6 Å². The largest absolute Gasteiger partial charge is 0.469 e. The van der Waals surface area contributed by atoms with Crippen molar-refractivity contribution in [2.75, 3.05) is 41.1 Å². The van der Waals surface area contributed by atoms with Crippen LogP contribution in [0.1, 0.15) is 30.5 Å². The Morgan fingerprint density at radius 3 is 2.52 bits per heavy atom. The number of nitrogens with zero attached hydrogens (tertiary/aromatic N) is 4. The summed E-state index contributed by atoms with van der Waals surface area (Å²) in [6.07, 6.45) is 2.83. The second kappa shape index (κ2) is 10.5. The van der Waals surface area contributed by atoms with E-state index in [4.69, 9.17) is 21.6 Å². The van der Waals surface area contributed by atoms with Gasteiger partial charge in [-0.05, 0) is 67.6 Å². The lowest BCUT2D eigenvalue weighted by molar-refractivity contribution is -0.139. The van der Waals surface area contributed by atoms with Gasteiger partial charge in [0.2, 0.25) is 5.95 Å². The monoisotopic (exact) mass is 585 g/mol. The molecule has 2 fully saturated rings. The van der Waals surface area contributed by atoms with Crippen LogP contribution in [0, 0.1) is 5.82 Å². The summed E-state index contributed by atoms with van der Waals surface area (Å²) in [5.41, 5.74) is 2.08. The molecule has 0 spiro atoms. The summed E-state index contributed by atoms with van der Waals surface area (Å²) in [7, 11) is -2.38. The summed E-state index contributed by atoms with van der Waals surface area (Å²) in [4.78, 5) is 25.7. The van der Waals surface area contributed by atoms with Gasteiger partial charge in [-0.1, -0.05) is 17.7 Å². The summed E-state index contributed by atoms with van der Waals surface area (Å²) >= 11 is 6.08. The minimum Gasteiger partial charge on any atom is -0.469 e. The predicted octanol–water partition coefficient (Wildman–Crippen LogP) is 4.31. The predicted molar refractivity (Wildman–Crippen MR) is 151 cm³/mol. The molecule has 9 nitrogen and oxygen atoms in total. The number of hydrogen-bond donors (Lipinski definition) is 1. The van der Waals surface area contributed by atoms with Crippen molar-refractivity contribution >= 4 is 50.5 Å². The number of hydrogen-bond acceptors (Lipinski definition) is 9. The van der Waals surface area contributed by atoms with Gasteiger partial charge in [-0.2, -0.15) is 4.98 Å². The second-order valence-corrected chi connectivity index (χ2v) is 12.9. The average molecular weight is 586 g/mol. The van der Waals surface area contributed by atoms with E-state index >= 15 is 4.39 Å². The van der Waals surface area contributed by atoms with Crippen molar-refractivity contribution < 1.29 is 22.3 Å². The number of benzene rings is 2. The van der Waals surface area contributed by atoms with E-state index in [0.29, 0.717) is 35.1 Å². The number of rotatable bonds is 6. The van der Waals surface area contributed by atoms with E-state index in [1.807, 2.05) is 24.3 Å². The maximum atomic E-state index is 15.1. The Labute approximate surface area is 237 Å². The third kappa shape index (κ3) is 5.08. The Hall–Kier alpha value is -3.44. The molecule has 2 bridgehead atoms. The van der Waals surface area contributed by atoms with Crippen LogP contribution in [0.3, 0.4) is 0 Å². The topological polar surface area (TPSA) is 105 Å². The molecule has 12 heteroatoms. The summed E-state index contributed by atoms with van der Waals surface area (Å²) in [6.45, 7) is 1.55. The van der Waals surface area contributed by atoms with Crippen LogP contribution in [-0.2, 0) is 32.2 Å². The molecule has 1 aromatic heterocycles. The van der Waals surface area contributed by atoms with Gasteiger partial charge in [0, 0.05) is 35.9 Å². The van der Waals surface area contributed by atoms with Crippen molar-refractivity contribution in [1.82, 2.24) is 9.97 Å². The molecule has 2 aromatic carbocycles. The number of fused-ring (bicyclic) bond motifs is 3. The number of carbonyl (C=O) groups excluding carboxylic acids is 1. The molecule has 4 heterocycles. The van der Waals surface area contributed by atoms with Crippen molar-refractivity contribution in [3.05, 3.63) is 64.6 Å². The summed E-state index contributed by atoms with van der Waals surface area (Å²) < 4.78 is 46.0. The zero-order valence-corrected chi connectivity index (χ0v) is 23.5. The molecule has 0 saturated carbocycles. The first kappa shape index (κ1) is 26.8. The zero-order valence-electron chi connectivity index (χ0n) is 21.9. The minimum absolute atomic E-state index is 0.0110. The Bertz CT molecular complexity index is 1560. The first-order valence-corrected chi connectivity index (χ1v) is 15.3. The zero-order chi connectivity index (χ0) is 28.0. The smallest absolute Gasteiger partial charge is 0.309 e. The number of aromatic nitrogens is 2. The molecule has 0 amide bonds. The van der Waals surface area contributed by atoms with E-state index in [0.717, 1.165) is 31.6 Å². The molecule has 40 heavy (non-hydrogen) atoms. The summed E-state index contributed by atoms with van der Waals surface area (Å²) in [6, 6.07) is 12.4. The molecule has 3 aliphatic heterocycles. The van der Waals surface area contributed by atoms with Gasteiger partial charge in [0.05, 0.1) is 30.7 Å². The molecule has 2 atom stereocenters. The lowest BCUT2D eigenvalue weighted by Gasteiger charge is -2.42. The van der Waals surface area contributed by atoms with Crippen LogP contribution in [0.15, 0.2) is 47.4 Å². The van der Waals surface area contributed by atoms with Crippen LogP contribution in [0.25, 0.3) is 0 Å². The van der Waals surface area contributed by atoms with E-state index in [1.165, 1.54) is 19.2 Å². The van der Waals surface area contributed by atoms with Crippen molar-refractivity contribution in [2.24, 2.45) is 0 Å². The number of nitrogens with one attached hydrogen (secondary N) is 1. The molecule has 3 aromatic rings. The molecule has 3 aliphatic rings. The van der Waals surface area contributed by atoms with Gasteiger partial charge in [-0.3, -0.25) is 4.79 Å². The third-order valence-electron chi connectivity index (χ3n) is 7.83. The van der Waals surface area contributed by atoms with Crippen LogP contribution in [0.2, 0.25) is 5.02 Å². The minimum atomic E-state index is -3.65. The van der Waals surface area contributed by atoms with Gasteiger partial charge in [-0.25, -0.2) is 17.8 Å². The van der Waals surface area contributed by atoms with Crippen molar-refractivity contribution in [1.29, 1.82) is 0 Å². The van der Waals surface area contributed by atoms with E-state index in [-0.39, 0.29) is 40.7 Å². The molecule has 2 saturated heterocycles. The fourth-order valence-corrected chi connectivity index (χ4v) is 7.69. The fraction of sp³-hybridized carbons (Fsp3) is 0.393. The summed E-state index contributed by atoms with van der Waals surface area (Å²) in [5, 5.41) is 3.64. The number of carbonyl (C=O) groups is 1. The third-order valence-corrected chi connectivity index (χ3v) is 9.96. The van der Waals surface area contributed by atoms with E-state index in [9.17, 15) is 13.2 Å². The van der Waals surface area contributed by atoms with Crippen LogP contribution in [-0.4, -0.2) is 62.4 Å². The van der Waals surface area contributed by atoms with Gasteiger partial charge in [0.1, 0.15) is 10.7 Å². The Morgan fingerprint density at radius 2 is 1.85 bits per heavy atom. The standard InChI is InChI=1S/C28H29ClFN5O4S/c1-39-25(36)14-17-4-11-23(22(30)13-17)31-27-26-24(3-2-12-40(26,37)38)32-28(33-27)35-20-9-10-21(35)16-34(15-20)19-7-5-18(29)6-8-19/h4-8,11,13,20-21H,2-3,9-10,12,14-16H2,1H3,(H,31,32,33). The molecule has 1 N–H and O–H groups in total. The highest BCUT2D eigenvalue weighted by Crippen LogP contribution is 2.39. The van der Waals surface area contributed by atoms with Gasteiger partial charge in [0.15, 0.2) is 15.7 Å². The normalized spacial score (nSPS) is 21.2. The fourth-order valence-electron chi connectivity index (χ4n) is 5.94. The second-order valence-electron chi connectivity index (χ2n) is 10.4. The SMILES string of the molecule is COC(=O)Cc1ccc(Nc2nc(N3C4CCC3CN(c3ccc(Cl)cc3)C4)nc3c2S(=O)(=O)CCC3)c(F)c1. The highest BCUT2D eigenvalue weighted by Gasteiger charge is 2.42. The quantitative estimate of drug-likeness (QED) is 0.424. The van der Waals surface area contributed by atoms with E-state index in [1.54, 1.807) is 6.07 Å². The molecular weight excluding hydrogens is 557 g/mol. The number of sulfone groups is 1. The average Bonchev–Trinajstić information content (AvgIpc) is 3.19. The molecule has 0 aliphatic carbocycles. The number of halogens is 2. The van der Waals surface area contributed by atoms with Crippen molar-refractivity contribution in [3.8, 4) is 0 Å². The lowest BCUT2D eigenvalue weighted by atomic mass is 10.1. The maximum Gasteiger partial charge on any atom is 0.309 e.